The summed E-state index contributed by atoms with van der Waals surface area (Å²) in [6, 6.07) is 6.14. The summed E-state index contributed by atoms with van der Waals surface area (Å²) in [5.74, 6) is 0.423. The van der Waals surface area contributed by atoms with Gasteiger partial charge >= 0.3 is 6.03 Å². The van der Waals surface area contributed by atoms with E-state index in [1.807, 2.05) is 17.0 Å². The molecule has 1 aliphatic carbocycles. The number of carbonyl (C=O) groups excluding carboxylic acids is 1. The number of rotatable bonds is 5. The monoisotopic (exact) mass is 442 g/mol. The zero-order chi connectivity index (χ0) is 21.4. The fraction of sp³-hybridized carbons (Fsp3) is 0.458. The molecule has 1 aromatic carbocycles. The van der Waals surface area contributed by atoms with Crippen molar-refractivity contribution in [2.45, 2.75) is 31.6 Å². The third kappa shape index (κ3) is 4.23. The van der Waals surface area contributed by atoms with Crippen molar-refractivity contribution in [2.24, 2.45) is 0 Å². The summed E-state index contributed by atoms with van der Waals surface area (Å²) in [7, 11) is 0. The summed E-state index contributed by atoms with van der Waals surface area (Å²) < 4.78 is 15.7. The van der Waals surface area contributed by atoms with Gasteiger partial charge in [-0.2, -0.15) is 0 Å². The van der Waals surface area contributed by atoms with Crippen LogP contribution in [0.2, 0.25) is 5.02 Å². The Labute approximate surface area is 187 Å². The highest BCUT2D eigenvalue weighted by Crippen LogP contribution is 2.38. The molecule has 3 heterocycles. The van der Waals surface area contributed by atoms with Crippen LogP contribution in [0.1, 0.15) is 37.2 Å². The van der Waals surface area contributed by atoms with Crippen molar-refractivity contribution in [1.82, 2.24) is 19.7 Å². The number of hydrogen-bond acceptors (Lipinski definition) is 2. The van der Waals surface area contributed by atoms with E-state index >= 15 is 0 Å². The lowest BCUT2D eigenvalue weighted by Gasteiger charge is -2.32. The molecule has 1 N–H and O–H groups in total. The van der Waals surface area contributed by atoms with Crippen LogP contribution in [0, 0.1) is 0 Å². The minimum atomic E-state index is -0.0535. The Bertz CT molecular complexity index is 1050. The Morgan fingerprint density at radius 1 is 1.10 bits per heavy atom. The SMILES string of the molecule is O=C1NCCN1CCN1CCC(c2cn(C3=CC=C(F)CC3)c3ccc(Cl)cc23)CC1. The average Bonchev–Trinajstić information content (AvgIpc) is 3.36. The van der Waals surface area contributed by atoms with Crippen molar-refractivity contribution < 1.29 is 9.18 Å². The van der Waals surface area contributed by atoms with Gasteiger partial charge in [0.2, 0.25) is 0 Å². The van der Waals surface area contributed by atoms with Gasteiger partial charge in [-0.05, 0) is 74.2 Å². The molecule has 1 aromatic heterocycles. The minimum Gasteiger partial charge on any atom is -0.336 e. The lowest BCUT2D eigenvalue weighted by molar-refractivity contribution is 0.181. The van der Waals surface area contributed by atoms with Crippen LogP contribution in [0.3, 0.4) is 0 Å². The molecule has 0 spiro atoms. The first-order valence-corrected chi connectivity index (χ1v) is 11.6. The van der Waals surface area contributed by atoms with E-state index in [1.165, 1.54) is 10.9 Å². The number of fused-ring (bicyclic) bond motifs is 1. The molecule has 2 aromatic rings. The lowest BCUT2D eigenvalue weighted by Crippen LogP contribution is -2.40. The molecule has 5 rings (SSSR count). The standard InChI is InChI=1S/C24H28ClFN4O/c25-18-1-6-23-21(15-18)22(16-30(23)20-4-2-19(26)3-5-20)17-7-10-28(11-8-17)13-14-29-12-9-27-24(29)31/h1-2,4,6,15-17H,3,5,7-14H2,(H,27,31). The number of hydrogen-bond donors (Lipinski definition) is 1. The van der Waals surface area contributed by atoms with E-state index in [-0.39, 0.29) is 11.9 Å². The third-order valence-electron chi connectivity index (χ3n) is 6.84. The zero-order valence-electron chi connectivity index (χ0n) is 17.6. The van der Waals surface area contributed by atoms with Gasteiger partial charge in [-0.25, -0.2) is 9.18 Å². The number of benzene rings is 1. The summed E-state index contributed by atoms with van der Waals surface area (Å²) in [4.78, 5) is 16.1. The largest absolute Gasteiger partial charge is 0.336 e. The molecule has 0 unspecified atom stereocenters. The van der Waals surface area contributed by atoms with Crippen LogP contribution in [0.15, 0.2) is 42.4 Å². The molecular formula is C24H28ClFN4O. The van der Waals surface area contributed by atoms with Crippen molar-refractivity contribution in [3.05, 3.63) is 53.0 Å². The molecule has 2 fully saturated rings. The number of piperidine rings is 1. The van der Waals surface area contributed by atoms with Crippen molar-refractivity contribution in [2.75, 3.05) is 39.3 Å². The van der Waals surface area contributed by atoms with Crippen molar-refractivity contribution in [1.29, 1.82) is 0 Å². The summed E-state index contributed by atoms with van der Waals surface area (Å²) in [5, 5.41) is 4.82. The summed E-state index contributed by atoms with van der Waals surface area (Å²) >= 11 is 6.35. The van der Waals surface area contributed by atoms with Gasteiger partial charge in [0.15, 0.2) is 0 Å². The second kappa shape index (κ2) is 8.67. The molecular weight excluding hydrogens is 415 g/mol. The van der Waals surface area contributed by atoms with Gasteiger partial charge in [-0.15, -0.1) is 0 Å². The number of allylic oxidation sites excluding steroid dienone is 4. The van der Waals surface area contributed by atoms with E-state index in [4.69, 9.17) is 11.6 Å². The van der Waals surface area contributed by atoms with Gasteiger partial charge < -0.3 is 19.7 Å². The first-order valence-electron chi connectivity index (χ1n) is 11.2. The van der Waals surface area contributed by atoms with Crippen molar-refractivity contribution >= 4 is 34.2 Å². The Kier molecular flexibility index (Phi) is 5.76. The number of halogens is 2. The van der Waals surface area contributed by atoms with Gasteiger partial charge in [-0.1, -0.05) is 11.6 Å². The van der Waals surface area contributed by atoms with Crippen LogP contribution in [-0.2, 0) is 0 Å². The zero-order valence-corrected chi connectivity index (χ0v) is 18.4. The molecule has 5 nitrogen and oxygen atoms in total. The summed E-state index contributed by atoms with van der Waals surface area (Å²) in [6.45, 7) is 5.35. The van der Waals surface area contributed by atoms with E-state index in [2.05, 4.69) is 33.1 Å². The van der Waals surface area contributed by atoms with E-state index in [0.717, 1.165) is 68.3 Å². The molecule has 2 saturated heterocycles. The Morgan fingerprint density at radius 3 is 2.65 bits per heavy atom. The molecule has 164 valence electrons. The highest BCUT2D eigenvalue weighted by molar-refractivity contribution is 6.31. The van der Waals surface area contributed by atoms with E-state index in [0.29, 0.717) is 18.8 Å². The number of likely N-dealkylation sites (tertiary alicyclic amines) is 1. The first kappa shape index (κ1) is 20.6. The summed E-state index contributed by atoms with van der Waals surface area (Å²) in [6.07, 6.45) is 9.07. The Hall–Kier alpha value is -2.31. The molecule has 2 amide bonds. The molecule has 7 heteroatoms. The quantitative estimate of drug-likeness (QED) is 0.708. The highest BCUT2D eigenvalue weighted by Gasteiger charge is 2.26. The first-order chi connectivity index (χ1) is 15.1. The second-order valence-electron chi connectivity index (χ2n) is 8.72. The Morgan fingerprint density at radius 2 is 1.94 bits per heavy atom. The van der Waals surface area contributed by atoms with E-state index < -0.39 is 0 Å². The van der Waals surface area contributed by atoms with Crippen molar-refractivity contribution in [3.8, 4) is 0 Å². The maximum atomic E-state index is 13.5. The van der Waals surface area contributed by atoms with Crippen LogP contribution in [0.5, 0.6) is 0 Å². The predicted molar refractivity (Wildman–Crippen MR) is 123 cm³/mol. The number of nitrogens with zero attached hydrogens (tertiary/aromatic N) is 3. The van der Waals surface area contributed by atoms with Crippen LogP contribution >= 0.6 is 11.6 Å². The number of aromatic nitrogens is 1. The molecule has 0 radical (unpaired) electrons. The highest BCUT2D eigenvalue weighted by atomic mass is 35.5. The number of amides is 2. The van der Waals surface area contributed by atoms with Crippen LogP contribution in [-0.4, -0.2) is 59.7 Å². The maximum Gasteiger partial charge on any atom is 0.317 e. The van der Waals surface area contributed by atoms with Gasteiger partial charge in [0, 0.05) is 54.9 Å². The van der Waals surface area contributed by atoms with Gasteiger partial charge in [-0.3, -0.25) is 0 Å². The number of carbonyl (C=O) groups is 1. The fourth-order valence-electron chi connectivity index (χ4n) is 5.05. The number of nitrogens with one attached hydrogen (secondary N) is 1. The topological polar surface area (TPSA) is 40.5 Å². The molecule has 31 heavy (non-hydrogen) atoms. The smallest absolute Gasteiger partial charge is 0.317 e. The number of urea groups is 1. The van der Waals surface area contributed by atoms with Crippen LogP contribution < -0.4 is 5.32 Å². The normalized spacial score (nSPS) is 20.8. The lowest BCUT2D eigenvalue weighted by atomic mass is 9.89. The van der Waals surface area contributed by atoms with Gasteiger partial charge in [0.05, 0.1) is 5.52 Å². The van der Waals surface area contributed by atoms with Gasteiger partial charge in [0.25, 0.3) is 0 Å². The predicted octanol–water partition coefficient (Wildman–Crippen LogP) is 4.99. The van der Waals surface area contributed by atoms with Crippen LogP contribution in [0.4, 0.5) is 9.18 Å². The molecule has 2 aliphatic heterocycles. The fourth-order valence-corrected chi connectivity index (χ4v) is 5.22. The molecule has 0 atom stereocenters. The van der Waals surface area contributed by atoms with Crippen molar-refractivity contribution in [3.63, 3.8) is 0 Å². The third-order valence-corrected chi connectivity index (χ3v) is 7.08. The van der Waals surface area contributed by atoms with Crippen LogP contribution in [0.25, 0.3) is 16.6 Å². The second-order valence-corrected chi connectivity index (χ2v) is 9.16. The summed E-state index contributed by atoms with van der Waals surface area (Å²) in [5.41, 5.74) is 3.61. The minimum absolute atomic E-state index is 0.0535. The molecule has 0 saturated carbocycles. The molecule has 3 aliphatic rings. The molecule has 0 bridgehead atoms. The van der Waals surface area contributed by atoms with E-state index in [9.17, 15) is 9.18 Å². The average molecular weight is 443 g/mol. The van der Waals surface area contributed by atoms with E-state index in [1.54, 1.807) is 6.08 Å². The maximum absolute atomic E-state index is 13.5. The Balaban J connectivity index is 1.32. The van der Waals surface area contributed by atoms with Gasteiger partial charge in [0.1, 0.15) is 5.83 Å².